The lowest BCUT2D eigenvalue weighted by Crippen LogP contribution is -2.37. The molecule has 0 bridgehead atoms. The van der Waals surface area contributed by atoms with Crippen LogP contribution in [0.25, 0.3) is 5.70 Å². The zero-order valence-electron chi connectivity index (χ0n) is 19.3. The fourth-order valence-corrected chi connectivity index (χ4v) is 3.83. The predicted molar refractivity (Wildman–Crippen MR) is 138 cm³/mol. The Bertz CT molecular complexity index is 1100. The normalized spacial score (nSPS) is 15.6. The van der Waals surface area contributed by atoms with E-state index in [2.05, 4.69) is 18.2 Å². The minimum absolute atomic E-state index is 0.219. The molecule has 0 saturated heterocycles. The summed E-state index contributed by atoms with van der Waals surface area (Å²) in [6, 6.07) is 13.0. The Hall–Kier alpha value is -3.01. The summed E-state index contributed by atoms with van der Waals surface area (Å²) in [5.74, 6) is 0.0991. The molecule has 1 heterocycles. The van der Waals surface area contributed by atoms with Crippen molar-refractivity contribution >= 4 is 32.8 Å². The maximum atomic E-state index is 13.3. The van der Waals surface area contributed by atoms with Crippen LogP contribution in [0.5, 0.6) is 0 Å². The molecule has 33 heavy (non-hydrogen) atoms. The molecule has 0 radical (unpaired) electrons. The Kier molecular flexibility index (Phi) is 11.5. The summed E-state index contributed by atoms with van der Waals surface area (Å²) in [4.78, 5) is 2.28. The highest BCUT2D eigenvalue weighted by molar-refractivity contribution is 7.90. The van der Waals surface area contributed by atoms with E-state index >= 15 is 0 Å². The van der Waals surface area contributed by atoms with E-state index in [0.29, 0.717) is 5.88 Å². The quantitative estimate of drug-likeness (QED) is 0.308. The van der Waals surface area contributed by atoms with Crippen LogP contribution in [0.15, 0.2) is 83.4 Å². The van der Waals surface area contributed by atoms with Crippen molar-refractivity contribution in [1.29, 1.82) is 0 Å². The molecule has 0 saturated carbocycles. The van der Waals surface area contributed by atoms with Crippen LogP contribution < -0.4 is 10.2 Å². The summed E-state index contributed by atoms with van der Waals surface area (Å²) < 4.78 is 36.9. The lowest BCUT2D eigenvalue weighted by Gasteiger charge is -2.27. The minimum atomic E-state index is -3.27. The third-order valence-electron chi connectivity index (χ3n) is 4.61. The van der Waals surface area contributed by atoms with Crippen LogP contribution in [0.4, 0.5) is 10.1 Å². The number of alkyl halides is 1. The summed E-state index contributed by atoms with van der Waals surface area (Å²) in [6.45, 7) is 5.94. The summed E-state index contributed by atoms with van der Waals surface area (Å²) in [6.07, 6.45) is 16.7. The highest BCUT2D eigenvalue weighted by Gasteiger charge is 2.27. The monoisotopic (exact) mass is 488 g/mol. The van der Waals surface area contributed by atoms with Crippen molar-refractivity contribution in [3.63, 3.8) is 0 Å². The SMILES string of the molecule is C#C.C/C=C(\C=C/CCl)C1NC(c2ccc(F)cc2)=CN1c1ccc(S(C)(=O)=O)cc1.CC. The second kappa shape index (κ2) is 13.5. The van der Waals surface area contributed by atoms with Crippen molar-refractivity contribution in [2.24, 2.45) is 0 Å². The van der Waals surface area contributed by atoms with Crippen LogP contribution in [0.3, 0.4) is 0 Å². The molecule has 2 aromatic carbocycles. The van der Waals surface area contributed by atoms with Gasteiger partial charge in [-0.2, -0.15) is 0 Å². The number of nitrogens with one attached hydrogen (secondary N) is 1. The predicted octanol–water partition coefficient (Wildman–Crippen LogP) is 5.98. The zero-order chi connectivity index (χ0) is 25.0. The van der Waals surface area contributed by atoms with E-state index in [1.54, 1.807) is 36.4 Å². The van der Waals surface area contributed by atoms with E-state index < -0.39 is 9.84 Å². The van der Waals surface area contributed by atoms with Gasteiger partial charge in [0.15, 0.2) is 9.84 Å². The number of hydrogen-bond acceptors (Lipinski definition) is 4. The summed E-state index contributed by atoms with van der Waals surface area (Å²) in [5.41, 5.74) is 3.50. The van der Waals surface area contributed by atoms with E-state index in [4.69, 9.17) is 11.6 Å². The Morgan fingerprint density at radius 3 is 2.18 bits per heavy atom. The fraction of sp³-hybridized carbons (Fsp3) is 0.231. The highest BCUT2D eigenvalue weighted by Crippen LogP contribution is 2.30. The number of anilines is 1. The van der Waals surface area contributed by atoms with Gasteiger partial charge in [0.1, 0.15) is 12.0 Å². The summed E-state index contributed by atoms with van der Waals surface area (Å²) in [5, 5.41) is 3.46. The molecular formula is C26H30ClFN2O2S. The number of rotatable bonds is 6. The topological polar surface area (TPSA) is 49.4 Å². The molecule has 1 N–H and O–H groups in total. The third kappa shape index (κ3) is 7.52. The summed E-state index contributed by atoms with van der Waals surface area (Å²) >= 11 is 5.81. The maximum Gasteiger partial charge on any atom is 0.175 e. The largest absolute Gasteiger partial charge is 0.360 e. The lowest BCUT2D eigenvalue weighted by molar-refractivity contribution is 0.602. The first kappa shape index (κ1) is 28.0. The zero-order valence-corrected chi connectivity index (χ0v) is 20.9. The molecule has 2 aromatic rings. The van der Waals surface area contributed by atoms with Crippen LogP contribution in [0, 0.1) is 18.7 Å². The van der Waals surface area contributed by atoms with Crippen molar-refractivity contribution in [3.8, 4) is 12.8 Å². The molecule has 0 amide bonds. The standard InChI is InChI=1S/C22H22ClFN2O2S.C2H6.C2H2/c1-3-16(5-4-14-23)22-25-21(17-6-8-18(24)9-7-17)15-26(22)19-10-12-20(13-11-19)29(2,27)28;2*1-2/h3-13,15,22,25H,14H2,1-2H3;1-2H3;1-2H/b5-4-,16-3+;;. The van der Waals surface area contributed by atoms with Gasteiger partial charge in [0, 0.05) is 24.0 Å². The Labute approximate surface area is 202 Å². The van der Waals surface area contributed by atoms with Crippen LogP contribution in [-0.4, -0.2) is 26.7 Å². The number of nitrogens with zero attached hydrogens (tertiary/aromatic N) is 1. The van der Waals surface area contributed by atoms with Crippen LogP contribution in [0.2, 0.25) is 0 Å². The number of halogens is 2. The van der Waals surface area contributed by atoms with Gasteiger partial charge in [-0.1, -0.05) is 32.1 Å². The smallest absolute Gasteiger partial charge is 0.175 e. The van der Waals surface area contributed by atoms with Crippen LogP contribution in [-0.2, 0) is 9.84 Å². The van der Waals surface area contributed by atoms with Gasteiger partial charge < -0.3 is 10.2 Å². The van der Waals surface area contributed by atoms with Crippen molar-refractivity contribution in [1.82, 2.24) is 5.32 Å². The van der Waals surface area contributed by atoms with Crippen molar-refractivity contribution in [2.45, 2.75) is 31.8 Å². The minimum Gasteiger partial charge on any atom is -0.360 e. The van der Waals surface area contributed by atoms with Crippen molar-refractivity contribution in [3.05, 3.63) is 89.9 Å². The van der Waals surface area contributed by atoms with E-state index in [9.17, 15) is 12.8 Å². The van der Waals surface area contributed by atoms with Crippen molar-refractivity contribution in [2.75, 3.05) is 17.0 Å². The third-order valence-corrected chi connectivity index (χ3v) is 5.91. The molecule has 176 valence electrons. The first-order valence-corrected chi connectivity index (χ1v) is 12.8. The molecule has 1 atom stereocenters. The highest BCUT2D eigenvalue weighted by atomic mass is 35.5. The second-order valence-electron chi connectivity index (χ2n) is 6.62. The van der Waals surface area contributed by atoms with Gasteiger partial charge >= 0.3 is 0 Å². The maximum absolute atomic E-state index is 13.3. The molecule has 0 aliphatic carbocycles. The number of hydrogen-bond donors (Lipinski definition) is 1. The molecule has 0 fully saturated rings. The average molecular weight is 489 g/mol. The molecule has 4 nitrogen and oxygen atoms in total. The van der Waals surface area contributed by atoms with Gasteiger partial charge in [-0.25, -0.2) is 12.8 Å². The second-order valence-corrected chi connectivity index (χ2v) is 8.94. The lowest BCUT2D eigenvalue weighted by atomic mass is 10.1. The molecule has 1 unspecified atom stereocenters. The number of benzene rings is 2. The van der Waals surface area contributed by atoms with Crippen LogP contribution in [0.1, 0.15) is 26.3 Å². The average Bonchev–Trinajstić information content (AvgIpc) is 3.27. The van der Waals surface area contributed by atoms with E-state index in [1.165, 1.54) is 18.4 Å². The first-order valence-electron chi connectivity index (χ1n) is 10.4. The number of sulfone groups is 1. The van der Waals surface area contributed by atoms with Gasteiger partial charge in [0.05, 0.1) is 10.6 Å². The van der Waals surface area contributed by atoms with Crippen LogP contribution >= 0.6 is 11.6 Å². The molecule has 0 spiro atoms. The summed E-state index contributed by atoms with van der Waals surface area (Å²) in [7, 11) is -3.27. The Morgan fingerprint density at radius 1 is 1.12 bits per heavy atom. The Morgan fingerprint density at radius 2 is 1.70 bits per heavy atom. The molecule has 7 heteroatoms. The van der Waals surface area contributed by atoms with E-state index in [0.717, 1.165) is 22.5 Å². The van der Waals surface area contributed by atoms with Gasteiger partial charge in [-0.05, 0) is 66.6 Å². The number of allylic oxidation sites excluding steroid dienone is 2. The fourth-order valence-electron chi connectivity index (χ4n) is 3.11. The Balaban J connectivity index is 0.00000129. The van der Waals surface area contributed by atoms with Gasteiger partial charge in [0.2, 0.25) is 0 Å². The molecule has 3 rings (SSSR count). The first-order chi connectivity index (χ1) is 15.8. The molecular weight excluding hydrogens is 459 g/mol. The van der Waals surface area contributed by atoms with E-state index in [1.807, 2.05) is 50.1 Å². The molecule has 1 aliphatic rings. The van der Waals surface area contributed by atoms with Crippen molar-refractivity contribution < 1.29 is 12.8 Å². The number of terminal acetylenes is 1. The van der Waals surface area contributed by atoms with E-state index in [-0.39, 0.29) is 16.9 Å². The molecule has 0 aromatic heterocycles. The van der Waals surface area contributed by atoms with Gasteiger partial charge in [-0.15, -0.1) is 24.4 Å². The van der Waals surface area contributed by atoms with Gasteiger partial charge in [0.25, 0.3) is 0 Å². The van der Waals surface area contributed by atoms with Gasteiger partial charge in [-0.3, -0.25) is 0 Å². The molecule has 1 aliphatic heterocycles.